The summed E-state index contributed by atoms with van der Waals surface area (Å²) in [4.78, 5) is 30.0. The van der Waals surface area contributed by atoms with Gasteiger partial charge >= 0.3 is 0 Å². The van der Waals surface area contributed by atoms with Crippen molar-refractivity contribution < 1.29 is 18.4 Å². The summed E-state index contributed by atoms with van der Waals surface area (Å²) in [7, 11) is 0. The molecule has 36 heavy (non-hydrogen) atoms. The van der Waals surface area contributed by atoms with Crippen molar-refractivity contribution in [1.82, 2.24) is 14.4 Å². The zero-order valence-electron chi connectivity index (χ0n) is 20.7. The summed E-state index contributed by atoms with van der Waals surface area (Å²) in [6.45, 7) is 8.51. The molecule has 0 saturated carbocycles. The maximum atomic E-state index is 13.8. The third kappa shape index (κ3) is 5.62. The van der Waals surface area contributed by atoms with Crippen LogP contribution in [-0.4, -0.2) is 52.4 Å². The minimum atomic E-state index is -0.966. The average molecular weight is 514 g/mol. The number of rotatable bonds is 6. The molecule has 1 saturated heterocycles. The first-order valence-corrected chi connectivity index (χ1v) is 12.5. The Labute approximate surface area is 215 Å². The molecule has 0 radical (unpaired) electrons. The van der Waals surface area contributed by atoms with Crippen molar-refractivity contribution >= 4 is 23.4 Å². The van der Waals surface area contributed by atoms with Crippen molar-refractivity contribution in [3.05, 3.63) is 82.1 Å². The van der Waals surface area contributed by atoms with Gasteiger partial charge in [0.2, 0.25) is 5.91 Å². The van der Waals surface area contributed by atoms with Crippen molar-refractivity contribution in [2.75, 3.05) is 26.2 Å². The third-order valence-corrected chi connectivity index (χ3v) is 6.68. The van der Waals surface area contributed by atoms with Gasteiger partial charge in [0.15, 0.2) is 11.6 Å². The maximum absolute atomic E-state index is 13.8. The van der Waals surface area contributed by atoms with Gasteiger partial charge in [-0.05, 0) is 53.8 Å². The molecule has 0 spiro atoms. The van der Waals surface area contributed by atoms with E-state index in [-0.39, 0.29) is 18.2 Å². The molecule has 5 nitrogen and oxygen atoms in total. The summed E-state index contributed by atoms with van der Waals surface area (Å²) >= 11 is 6.09. The quantitative estimate of drug-likeness (QED) is 0.432. The minimum absolute atomic E-state index is 0.0116. The second-order valence-corrected chi connectivity index (χ2v) is 10.1. The minimum Gasteiger partial charge on any atom is -0.342 e. The van der Waals surface area contributed by atoms with E-state index >= 15 is 0 Å². The lowest BCUT2D eigenvalue weighted by Crippen LogP contribution is -2.51. The molecule has 1 aromatic heterocycles. The zero-order chi connectivity index (χ0) is 26.0. The van der Waals surface area contributed by atoms with Crippen molar-refractivity contribution in [3.63, 3.8) is 0 Å². The summed E-state index contributed by atoms with van der Waals surface area (Å²) in [5.41, 5.74) is 3.91. The maximum Gasteiger partial charge on any atom is 0.271 e. The van der Waals surface area contributed by atoms with Crippen LogP contribution in [0.25, 0.3) is 11.1 Å². The van der Waals surface area contributed by atoms with Crippen LogP contribution in [0.1, 0.15) is 35.5 Å². The Hall–Kier alpha value is -3.19. The Balaban J connectivity index is 1.51. The lowest BCUT2D eigenvalue weighted by Gasteiger charge is -2.35. The number of hydrogen-bond donors (Lipinski definition) is 0. The Morgan fingerprint density at radius 1 is 0.944 bits per heavy atom. The lowest BCUT2D eigenvalue weighted by molar-refractivity contribution is -0.131. The van der Waals surface area contributed by atoms with E-state index in [1.165, 1.54) is 6.07 Å². The van der Waals surface area contributed by atoms with E-state index in [0.717, 1.165) is 28.8 Å². The van der Waals surface area contributed by atoms with Gasteiger partial charge in [-0.15, -0.1) is 0 Å². The van der Waals surface area contributed by atoms with Gasteiger partial charge in [-0.3, -0.25) is 9.59 Å². The van der Waals surface area contributed by atoms with Gasteiger partial charge in [-0.1, -0.05) is 43.6 Å². The van der Waals surface area contributed by atoms with Crippen LogP contribution in [0, 0.1) is 24.5 Å². The molecule has 8 heteroatoms. The summed E-state index contributed by atoms with van der Waals surface area (Å²) in [6.07, 6.45) is 2.01. The van der Waals surface area contributed by atoms with E-state index in [1.807, 2.05) is 42.0 Å². The Morgan fingerprint density at radius 3 is 2.19 bits per heavy atom. The SMILES string of the molecule is Cc1cn(CC(C)C)c(C(=O)N2CCN(C(=O)Cc3ccc(F)c(F)c3)CC2)c1-c1ccc(Cl)cc1. The highest BCUT2D eigenvalue weighted by Gasteiger charge is 2.29. The highest BCUT2D eigenvalue weighted by atomic mass is 35.5. The smallest absolute Gasteiger partial charge is 0.271 e. The van der Waals surface area contributed by atoms with Gasteiger partial charge in [0.1, 0.15) is 5.69 Å². The number of halogens is 3. The number of hydrogen-bond acceptors (Lipinski definition) is 2. The summed E-state index contributed by atoms with van der Waals surface area (Å²) in [6, 6.07) is 11.0. The summed E-state index contributed by atoms with van der Waals surface area (Å²) in [5.74, 6) is -1.79. The number of piperazine rings is 1. The molecule has 0 unspecified atom stereocenters. The van der Waals surface area contributed by atoms with Crippen LogP contribution >= 0.6 is 11.6 Å². The first-order valence-electron chi connectivity index (χ1n) is 12.1. The number of aryl methyl sites for hydroxylation is 1. The van der Waals surface area contributed by atoms with Crippen molar-refractivity contribution in [3.8, 4) is 11.1 Å². The van der Waals surface area contributed by atoms with Crippen LogP contribution in [0.2, 0.25) is 5.02 Å². The van der Waals surface area contributed by atoms with E-state index < -0.39 is 11.6 Å². The van der Waals surface area contributed by atoms with Crippen LogP contribution in [0.15, 0.2) is 48.7 Å². The molecule has 0 N–H and O–H groups in total. The van der Waals surface area contributed by atoms with E-state index in [1.54, 1.807) is 9.80 Å². The van der Waals surface area contributed by atoms with E-state index in [9.17, 15) is 18.4 Å². The highest BCUT2D eigenvalue weighted by molar-refractivity contribution is 6.30. The van der Waals surface area contributed by atoms with Crippen molar-refractivity contribution in [2.45, 2.75) is 33.7 Å². The first kappa shape index (κ1) is 25.9. The number of amides is 2. The number of aromatic nitrogens is 1. The molecular formula is C28H30ClF2N3O2. The molecule has 3 aromatic rings. The molecule has 0 bridgehead atoms. The predicted molar refractivity (Wildman–Crippen MR) is 137 cm³/mol. The number of benzene rings is 2. The van der Waals surface area contributed by atoms with Gasteiger partial charge < -0.3 is 14.4 Å². The van der Waals surface area contributed by atoms with Crippen LogP contribution in [-0.2, 0) is 17.8 Å². The molecular weight excluding hydrogens is 484 g/mol. The predicted octanol–water partition coefficient (Wildman–Crippen LogP) is 5.58. The molecule has 2 heterocycles. The molecule has 0 aliphatic carbocycles. The second-order valence-electron chi connectivity index (χ2n) is 9.69. The monoisotopic (exact) mass is 513 g/mol. The zero-order valence-corrected chi connectivity index (χ0v) is 21.5. The van der Waals surface area contributed by atoms with E-state index in [0.29, 0.717) is 54.9 Å². The molecule has 1 aliphatic rings. The van der Waals surface area contributed by atoms with Crippen LogP contribution in [0.4, 0.5) is 8.78 Å². The molecule has 2 amide bonds. The number of carbonyl (C=O) groups is 2. The van der Waals surface area contributed by atoms with Crippen LogP contribution in [0.3, 0.4) is 0 Å². The fourth-order valence-corrected chi connectivity index (χ4v) is 4.81. The average Bonchev–Trinajstić information content (AvgIpc) is 3.16. The Kier molecular flexibility index (Phi) is 7.79. The van der Waals surface area contributed by atoms with Gasteiger partial charge in [0.05, 0.1) is 6.42 Å². The molecule has 1 fully saturated rings. The molecule has 2 aromatic carbocycles. The standard InChI is InChI=1S/C28H30ClF2N3O2/c1-18(2)16-34-17-19(3)26(21-5-7-22(29)8-6-21)27(34)28(36)33-12-10-32(11-13-33)25(35)15-20-4-9-23(30)24(31)14-20/h4-9,14,17-18H,10-13,15-16H2,1-3H3. The second kappa shape index (κ2) is 10.8. The molecule has 190 valence electrons. The van der Waals surface area contributed by atoms with Gasteiger partial charge in [0.25, 0.3) is 5.91 Å². The molecule has 0 atom stereocenters. The lowest BCUT2D eigenvalue weighted by atomic mass is 10.0. The first-order chi connectivity index (χ1) is 17.1. The van der Waals surface area contributed by atoms with Crippen LogP contribution < -0.4 is 0 Å². The Bertz CT molecular complexity index is 1260. The number of nitrogens with zero attached hydrogens (tertiary/aromatic N) is 3. The summed E-state index contributed by atoms with van der Waals surface area (Å²) < 4.78 is 28.7. The third-order valence-electron chi connectivity index (χ3n) is 6.42. The Morgan fingerprint density at radius 2 is 1.58 bits per heavy atom. The number of carbonyl (C=O) groups excluding carboxylic acids is 2. The molecule has 4 rings (SSSR count). The van der Waals surface area contributed by atoms with Crippen molar-refractivity contribution in [1.29, 1.82) is 0 Å². The highest BCUT2D eigenvalue weighted by Crippen LogP contribution is 2.32. The fraction of sp³-hybridized carbons (Fsp3) is 0.357. The van der Waals surface area contributed by atoms with E-state index in [4.69, 9.17) is 11.6 Å². The topological polar surface area (TPSA) is 45.6 Å². The van der Waals surface area contributed by atoms with Crippen LogP contribution in [0.5, 0.6) is 0 Å². The fourth-order valence-electron chi connectivity index (χ4n) is 4.69. The summed E-state index contributed by atoms with van der Waals surface area (Å²) in [5, 5.41) is 0.634. The molecule has 1 aliphatic heterocycles. The van der Waals surface area contributed by atoms with E-state index in [2.05, 4.69) is 13.8 Å². The van der Waals surface area contributed by atoms with Gasteiger partial charge in [-0.25, -0.2) is 8.78 Å². The van der Waals surface area contributed by atoms with Crippen molar-refractivity contribution in [2.24, 2.45) is 5.92 Å². The normalized spacial score (nSPS) is 14.0. The van der Waals surface area contributed by atoms with Gasteiger partial charge in [-0.2, -0.15) is 0 Å². The van der Waals surface area contributed by atoms with Gasteiger partial charge in [0, 0.05) is 49.5 Å². The largest absolute Gasteiger partial charge is 0.342 e.